The third-order valence-electron chi connectivity index (χ3n) is 4.18. The van der Waals surface area contributed by atoms with Crippen LogP contribution in [-0.2, 0) is 16.1 Å². The molecular formula is C17H16O4. The molecule has 1 aromatic heterocycles. The van der Waals surface area contributed by atoms with Crippen LogP contribution in [0.1, 0.15) is 23.0 Å². The Kier molecular flexibility index (Phi) is 2.71. The van der Waals surface area contributed by atoms with Crippen molar-refractivity contribution in [3.63, 3.8) is 0 Å². The molecule has 21 heavy (non-hydrogen) atoms. The van der Waals surface area contributed by atoms with Crippen molar-refractivity contribution in [1.82, 2.24) is 0 Å². The van der Waals surface area contributed by atoms with Crippen molar-refractivity contribution in [3.05, 3.63) is 41.2 Å². The summed E-state index contributed by atoms with van der Waals surface area (Å²) in [6.07, 6.45) is 1.37. The zero-order valence-electron chi connectivity index (χ0n) is 12.2. The molecular weight excluding hydrogens is 268 g/mol. The molecule has 4 rings (SSSR count). The molecule has 0 aliphatic carbocycles. The lowest BCUT2D eigenvalue weighted by Crippen LogP contribution is -2.13. The van der Waals surface area contributed by atoms with E-state index in [1.807, 2.05) is 6.07 Å². The number of methoxy groups -OCH3 is 2. The highest BCUT2D eigenvalue weighted by molar-refractivity contribution is 6.09. The summed E-state index contributed by atoms with van der Waals surface area (Å²) in [6.45, 7) is 2.55. The first-order valence-electron chi connectivity index (χ1n) is 6.90. The van der Waals surface area contributed by atoms with Crippen LogP contribution in [0.15, 0.2) is 28.9 Å². The van der Waals surface area contributed by atoms with Gasteiger partial charge in [-0.25, -0.2) is 0 Å². The molecule has 0 fully saturated rings. The van der Waals surface area contributed by atoms with Crippen LogP contribution in [-0.4, -0.2) is 14.2 Å². The van der Waals surface area contributed by atoms with Gasteiger partial charge in [0.05, 0.1) is 20.0 Å². The van der Waals surface area contributed by atoms with E-state index < -0.39 is 0 Å². The Morgan fingerprint density at radius 1 is 1.19 bits per heavy atom. The molecule has 0 bridgehead atoms. The molecule has 0 spiro atoms. The van der Waals surface area contributed by atoms with Crippen LogP contribution in [0.3, 0.4) is 0 Å². The van der Waals surface area contributed by atoms with Gasteiger partial charge >= 0.3 is 0 Å². The lowest BCUT2D eigenvalue weighted by atomic mass is 9.93. The van der Waals surface area contributed by atoms with E-state index in [1.54, 1.807) is 20.5 Å². The van der Waals surface area contributed by atoms with Gasteiger partial charge < -0.3 is 18.6 Å². The molecule has 0 saturated carbocycles. The summed E-state index contributed by atoms with van der Waals surface area (Å²) in [4.78, 5) is 0. The number of ether oxygens (including phenoxy) is 3. The van der Waals surface area contributed by atoms with Crippen LogP contribution in [0.25, 0.3) is 21.7 Å². The SMILES string of the molecule is COc1c2occ3c2c(c2cccc(C)c12)[C@@H](OC)OC3. The second-order valence-electron chi connectivity index (χ2n) is 5.29. The summed E-state index contributed by atoms with van der Waals surface area (Å²) in [5.74, 6) is 0.782. The Hall–Kier alpha value is -2.04. The number of aryl methyl sites for hydroxylation is 1. The van der Waals surface area contributed by atoms with Crippen molar-refractivity contribution >= 4 is 21.7 Å². The summed E-state index contributed by atoms with van der Waals surface area (Å²) in [5, 5.41) is 3.20. The van der Waals surface area contributed by atoms with E-state index in [4.69, 9.17) is 18.6 Å². The fourth-order valence-corrected chi connectivity index (χ4v) is 3.28. The van der Waals surface area contributed by atoms with E-state index in [0.717, 1.165) is 44.2 Å². The second kappa shape index (κ2) is 4.48. The van der Waals surface area contributed by atoms with Crippen molar-refractivity contribution in [3.8, 4) is 5.75 Å². The van der Waals surface area contributed by atoms with E-state index in [9.17, 15) is 0 Å². The standard InChI is InChI=1S/C17H16O4/c1-9-5-4-6-11-12(9)15(18-2)16-13-10(7-20-16)8-21-17(19-3)14(11)13/h4-7,17H,8H2,1-3H3/t17-/m0/s1. The van der Waals surface area contributed by atoms with Crippen LogP contribution in [0.4, 0.5) is 0 Å². The number of furan rings is 1. The van der Waals surface area contributed by atoms with E-state index >= 15 is 0 Å². The van der Waals surface area contributed by atoms with E-state index in [2.05, 4.69) is 19.1 Å². The highest BCUT2D eigenvalue weighted by Crippen LogP contribution is 2.47. The summed E-state index contributed by atoms with van der Waals surface area (Å²) >= 11 is 0. The fourth-order valence-electron chi connectivity index (χ4n) is 3.28. The predicted octanol–water partition coefficient (Wildman–Crippen LogP) is 4.08. The topological polar surface area (TPSA) is 40.8 Å². The van der Waals surface area contributed by atoms with Crippen molar-refractivity contribution in [2.45, 2.75) is 19.8 Å². The molecule has 108 valence electrons. The smallest absolute Gasteiger partial charge is 0.185 e. The van der Waals surface area contributed by atoms with Crippen LogP contribution in [0.5, 0.6) is 5.75 Å². The minimum Gasteiger partial charge on any atom is -0.492 e. The Balaban J connectivity index is 2.28. The van der Waals surface area contributed by atoms with Gasteiger partial charge in [-0.3, -0.25) is 0 Å². The molecule has 4 nitrogen and oxygen atoms in total. The van der Waals surface area contributed by atoms with Gasteiger partial charge in [-0.15, -0.1) is 0 Å². The largest absolute Gasteiger partial charge is 0.492 e. The molecule has 0 unspecified atom stereocenters. The van der Waals surface area contributed by atoms with Gasteiger partial charge in [0.2, 0.25) is 0 Å². The predicted molar refractivity (Wildman–Crippen MR) is 79.5 cm³/mol. The van der Waals surface area contributed by atoms with Gasteiger partial charge in [0, 0.05) is 29.0 Å². The third kappa shape index (κ3) is 1.57. The first-order valence-corrected chi connectivity index (χ1v) is 6.90. The maximum Gasteiger partial charge on any atom is 0.185 e. The lowest BCUT2D eigenvalue weighted by Gasteiger charge is -2.25. The molecule has 3 aromatic rings. The summed E-state index contributed by atoms with van der Waals surface area (Å²) in [7, 11) is 3.34. The molecule has 4 heteroatoms. The number of benzene rings is 2. The average molecular weight is 284 g/mol. The molecule has 1 atom stereocenters. The zero-order valence-corrected chi connectivity index (χ0v) is 12.2. The van der Waals surface area contributed by atoms with Crippen LogP contribution in [0, 0.1) is 6.92 Å². The number of hydrogen-bond acceptors (Lipinski definition) is 4. The van der Waals surface area contributed by atoms with Crippen LogP contribution >= 0.6 is 0 Å². The number of hydrogen-bond donors (Lipinski definition) is 0. The first kappa shape index (κ1) is 12.7. The minimum absolute atomic E-state index is 0.382. The van der Waals surface area contributed by atoms with Gasteiger partial charge in [0.1, 0.15) is 0 Å². The number of fused-ring (bicyclic) bond motifs is 2. The quantitative estimate of drug-likeness (QED) is 0.711. The van der Waals surface area contributed by atoms with E-state index in [0.29, 0.717) is 6.61 Å². The second-order valence-corrected chi connectivity index (χ2v) is 5.29. The van der Waals surface area contributed by atoms with Crippen LogP contribution < -0.4 is 4.74 Å². The molecule has 1 aliphatic heterocycles. The minimum atomic E-state index is -0.382. The highest BCUT2D eigenvalue weighted by atomic mass is 16.7. The maximum absolute atomic E-state index is 5.80. The number of rotatable bonds is 2. The van der Waals surface area contributed by atoms with Gasteiger partial charge in [-0.1, -0.05) is 18.2 Å². The average Bonchev–Trinajstić information content (AvgIpc) is 2.93. The molecule has 1 aliphatic rings. The fraction of sp³-hybridized carbons (Fsp3) is 0.294. The zero-order chi connectivity index (χ0) is 14.6. The molecule has 0 N–H and O–H groups in total. The normalized spacial score (nSPS) is 17.6. The molecule has 2 heterocycles. The lowest BCUT2D eigenvalue weighted by molar-refractivity contribution is -0.137. The van der Waals surface area contributed by atoms with Crippen molar-refractivity contribution in [2.75, 3.05) is 14.2 Å². The van der Waals surface area contributed by atoms with Gasteiger partial charge in [0.15, 0.2) is 17.6 Å². The van der Waals surface area contributed by atoms with Crippen molar-refractivity contribution in [2.24, 2.45) is 0 Å². The van der Waals surface area contributed by atoms with Crippen molar-refractivity contribution in [1.29, 1.82) is 0 Å². The molecule has 2 aromatic carbocycles. The van der Waals surface area contributed by atoms with Crippen molar-refractivity contribution < 1.29 is 18.6 Å². The van der Waals surface area contributed by atoms with Gasteiger partial charge in [-0.05, 0) is 17.9 Å². The Labute approximate surface area is 122 Å². The first-order chi connectivity index (χ1) is 10.3. The van der Waals surface area contributed by atoms with Gasteiger partial charge in [0.25, 0.3) is 0 Å². The Bertz CT molecular complexity index is 847. The van der Waals surface area contributed by atoms with E-state index in [-0.39, 0.29) is 6.29 Å². The molecule has 0 saturated heterocycles. The summed E-state index contributed by atoms with van der Waals surface area (Å²) < 4.78 is 22.8. The Morgan fingerprint density at radius 2 is 2.05 bits per heavy atom. The van der Waals surface area contributed by atoms with E-state index in [1.165, 1.54) is 0 Å². The molecule has 0 amide bonds. The summed E-state index contributed by atoms with van der Waals surface area (Å²) in [5.41, 5.74) is 3.98. The monoisotopic (exact) mass is 284 g/mol. The van der Waals surface area contributed by atoms with Gasteiger partial charge in [-0.2, -0.15) is 0 Å². The highest BCUT2D eigenvalue weighted by Gasteiger charge is 2.30. The molecule has 0 radical (unpaired) electrons. The maximum atomic E-state index is 5.80. The summed E-state index contributed by atoms with van der Waals surface area (Å²) in [6, 6.07) is 6.19. The van der Waals surface area contributed by atoms with Crippen LogP contribution in [0.2, 0.25) is 0 Å². The Morgan fingerprint density at radius 3 is 2.81 bits per heavy atom. The third-order valence-corrected chi connectivity index (χ3v) is 4.18.